The summed E-state index contributed by atoms with van der Waals surface area (Å²) in [6.07, 6.45) is 4.82. The molecule has 0 radical (unpaired) electrons. The van der Waals surface area contributed by atoms with Crippen LogP contribution >= 0.6 is 38.5 Å². The van der Waals surface area contributed by atoms with Crippen LogP contribution < -0.4 is 5.56 Å². The highest BCUT2D eigenvalue weighted by atomic mass is 127. The van der Waals surface area contributed by atoms with Gasteiger partial charge in [-0.15, -0.1) is 0 Å². The maximum absolute atomic E-state index is 11.2. The van der Waals surface area contributed by atoms with Crippen molar-refractivity contribution in [2.45, 2.75) is 0 Å². The Kier molecular flexibility index (Phi) is 2.68. The minimum absolute atomic E-state index is 0.222. The maximum atomic E-state index is 11.2. The molecule has 0 aliphatic carbocycles. The predicted octanol–water partition coefficient (Wildman–Crippen LogP) is 1.32. The molecular weight excluding hydrogens is 363 g/mol. The number of aromatic amines is 1. The summed E-state index contributed by atoms with van der Waals surface area (Å²) in [7, 11) is 0. The van der Waals surface area contributed by atoms with Crippen molar-refractivity contribution in [2.75, 3.05) is 0 Å². The summed E-state index contributed by atoms with van der Waals surface area (Å²) in [6.45, 7) is 0. The molecule has 0 atom stereocenters. The van der Waals surface area contributed by atoms with Gasteiger partial charge in [0.2, 0.25) is 0 Å². The summed E-state index contributed by atoms with van der Waals surface area (Å²) in [5, 5.41) is 4.05. The topological polar surface area (TPSA) is 63.6 Å². The lowest BCUT2D eigenvalue weighted by Gasteiger charge is -2.00. The molecule has 7 heteroatoms. The highest BCUT2D eigenvalue weighted by molar-refractivity contribution is 14.1. The average Bonchev–Trinajstić information content (AvgIpc) is 2.57. The number of hydrogen-bond donors (Lipinski definition) is 1. The Morgan fingerprint density at radius 1 is 1.57 bits per heavy atom. The summed E-state index contributed by atoms with van der Waals surface area (Å²) in [5.74, 6) is 0.483. The molecule has 0 saturated heterocycles. The van der Waals surface area contributed by atoms with E-state index in [0.717, 1.165) is 3.57 Å². The van der Waals surface area contributed by atoms with Gasteiger partial charge in [-0.25, -0.2) is 9.67 Å². The Morgan fingerprint density at radius 3 is 3.00 bits per heavy atom. The van der Waals surface area contributed by atoms with Crippen LogP contribution in [0.5, 0.6) is 0 Å². The zero-order valence-corrected chi connectivity index (χ0v) is 10.5. The molecule has 1 N–H and O–H groups in total. The van der Waals surface area contributed by atoms with Gasteiger partial charge < -0.3 is 4.98 Å². The molecule has 0 spiro atoms. The van der Waals surface area contributed by atoms with Crippen molar-refractivity contribution >= 4 is 38.5 Å². The van der Waals surface area contributed by atoms with E-state index in [1.165, 1.54) is 6.33 Å². The first-order chi connectivity index (χ1) is 6.68. The molecule has 0 aliphatic heterocycles. The van der Waals surface area contributed by atoms with Crippen molar-refractivity contribution in [1.82, 2.24) is 19.7 Å². The second-order valence-electron chi connectivity index (χ2n) is 2.47. The van der Waals surface area contributed by atoms with Gasteiger partial charge in [-0.05, 0) is 38.5 Å². The quantitative estimate of drug-likeness (QED) is 0.774. The molecular formula is C7H4BrIN4O. The number of halogens is 2. The molecule has 0 bridgehead atoms. The predicted molar refractivity (Wildman–Crippen MR) is 62.4 cm³/mol. The van der Waals surface area contributed by atoms with Gasteiger partial charge in [-0.2, -0.15) is 5.10 Å². The largest absolute Gasteiger partial charge is 0.312 e. The molecule has 14 heavy (non-hydrogen) atoms. The Labute approximate surface area is 101 Å². The van der Waals surface area contributed by atoms with Crippen LogP contribution in [0.3, 0.4) is 0 Å². The second kappa shape index (κ2) is 3.81. The smallest absolute Gasteiger partial charge is 0.267 e. The van der Waals surface area contributed by atoms with Gasteiger partial charge in [-0.1, -0.05) is 0 Å². The van der Waals surface area contributed by atoms with Crippen LogP contribution in [-0.4, -0.2) is 19.7 Å². The maximum Gasteiger partial charge on any atom is 0.267 e. The number of nitrogens with one attached hydrogen (secondary N) is 1. The van der Waals surface area contributed by atoms with Crippen molar-refractivity contribution in [2.24, 2.45) is 0 Å². The van der Waals surface area contributed by atoms with Crippen molar-refractivity contribution < 1.29 is 0 Å². The molecule has 2 aromatic rings. The van der Waals surface area contributed by atoms with E-state index in [4.69, 9.17) is 0 Å². The number of aromatic nitrogens is 4. The minimum Gasteiger partial charge on any atom is -0.312 e. The van der Waals surface area contributed by atoms with Gasteiger partial charge >= 0.3 is 0 Å². The monoisotopic (exact) mass is 366 g/mol. The third kappa shape index (κ3) is 1.73. The van der Waals surface area contributed by atoms with E-state index >= 15 is 0 Å². The van der Waals surface area contributed by atoms with E-state index in [2.05, 4.69) is 53.6 Å². The first kappa shape index (κ1) is 9.84. The molecule has 2 aromatic heterocycles. The van der Waals surface area contributed by atoms with Gasteiger partial charge in [-0.3, -0.25) is 4.79 Å². The first-order valence-corrected chi connectivity index (χ1v) is 5.49. The molecule has 0 aromatic carbocycles. The molecule has 5 nitrogen and oxygen atoms in total. The van der Waals surface area contributed by atoms with E-state index in [1.54, 1.807) is 17.1 Å². The van der Waals surface area contributed by atoms with E-state index in [0.29, 0.717) is 10.3 Å². The Hall–Kier alpha value is -0.700. The van der Waals surface area contributed by atoms with E-state index in [-0.39, 0.29) is 5.56 Å². The number of nitrogens with zero attached hydrogens (tertiary/aromatic N) is 3. The summed E-state index contributed by atoms with van der Waals surface area (Å²) >= 11 is 5.29. The van der Waals surface area contributed by atoms with Gasteiger partial charge in [0.1, 0.15) is 4.47 Å². The first-order valence-electron chi connectivity index (χ1n) is 3.62. The minimum atomic E-state index is -0.222. The molecule has 0 fully saturated rings. The molecule has 2 heterocycles. The molecule has 0 saturated carbocycles. The number of H-pyrrole nitrogens is 1. The fourth-order valence-electron chi connectivity index (χ4n) is 0.950. The van der Waals surface area contributed by atoms with Crippen LogP contribution in [0.4, 0.5) is 0 Å². The van der Waals surface area contributed by atoms with Crippen LogP contribution in [0, 0.1) is 3.57 Å². The summed E-state index contributed by atoms with van der Waals surface area (Å²) in [5.41, 5.74) is -0.222. The van der Waals surface area contributed by atoms with Crippen LogP contribution in [0.15, 0.2) is 28.0 Å². The normalized spacial score (nSPS) is 10.4. The van der Waals surface area contributed by atoms with Crippen molar-refractivity contribution in [3.05, 3.63) is 37.1 Å². The lowest BCUT2D eigenvalue weighted by atomic mass is 10.6. The lowest BCUT2D eigenvalue weighted by Crippen LogP contribution is -2.12. The van der Waals surface area contributed by atoms with E-state index in [9.17, 15) is 4.79 Å². The van der Waals surface area contributed by atoms with Crippen LogP contribution in [0.1, 0.15) is 0 Å². The number of hydrogen-bond acceptors (Lipinski definition) is 3. The fourth-order valence-corrected chi connectivity index (χ4v) is 1.74. The second-order valence-corrected chi connectivity index (χ2v) is 4.51. The molecule has 0 unspecified atom stereocenters. The molecule has 0 aliphatic rings. The average molecular weight is 367 g/mol. The summed E-state index contributed by atoms with van der Waals surface area (Å²) in [4.78, 5) is 17.7. The SMILES string of the molecule is O=c1[nH]cnc(-n2cc(I)cn2)c1Br. The van der Waals surface area contributed by atoms with Gasteiger partial charge in [0.05, 0.1) is 16.1 Å². The lowest BCUT2D eigenvalue weighted by molar-refractivity contribution is 0.828. The Balaban J connectivity index is 2.63. The third-order valence-corrected chi connectivity index (χ3v) is 2.82. The number of rotatable bonds is 1. The van der Waals surface area contributed by atoms with Gasteiger partial charge in [0.15, 0.2) is 5.82 Å². The standard InChI is InChI=1S/C7H4BrIN4O/c8-5-6(10-3-11-7(5)14)13-2-4(9)1-12-13/h1-3H,(H,10,11,14). The van der Waals surface area contributed by atoms with Gasteiger partial charge in [0, 0.05) is 6.20 Å². The highest BCUT2D eigenvalue weighted by Crippen LogP contribution is 2.13. The molecule has 0 amide bonds. The molecule has 72 valence electrons. The zero-order valence-electron chi connectivity index (χ0n) is 6.74. The van der Waals surface area contributed by atoms with E-state index < -0.39 is 0 Å². The highest BCUT2D eigenvalue weighted by Gasteiger charge is 2.07. The van der Waals surface area contributed by atoms with Crippen LogP contribution in [0.2, 0.25) is 0 Å². The van der Waals surface area contributed by atoms with E-state index in [1.807, 2.05) is 0 Å². The Morgan fingerprint density at radius 2 is 2.36 bits per heavy atom. The van der Waals surface area contributed by atoms with Crippen molar-refractivity contribution in [3.63, 3.8) is 0 Å². The third-order valence-electron chi connectivity index (χ3n) is 1.55. The van der Waals surface area contributed by atoms with Gasteiger partial charge in [0.25, 0.3) is 5.56 Å². The summed E-state index contributed by atoms with van der Waals surface area (Å²) < 4.78 is 2.90. The van der Waals surface area contributed by atoms with Crippen molar-refractivity contribution in [1.29, 1.82) is 0 Å². The van der Waals surface area contributed by atoms with Crippen LogP contribution in [0.25, 0.3) is 5.82 Å². The fraction of sp³-hybridized carbons (Fsp3) is 0. The molecule has 2 rings (SSSR count). The Bertz CT molecular complexity index is 520. The van der Waals surface area contributed by atoms with Crippen molar-refractivity contribution in [3.8, 4) is 5.82 Å². The van der Waals surface area contributed by atoms with Crippen LogP contribution in [-0.2, 0) is 0 Å². The summed E-state index contributed by atoms with van der Waals surface area (Å²) in [6, 6.07) is 0. The zero-order chi connectivity index (χ0) is 10.1.